The third-order valence-electron chi connectivity index (χ3n) is 6.88. The van der Waals surface area contributed by atoms with Crippen LogP contribution >= 0.6 is 11.8 Å². The van der Waals surface area contributed by atoms with E-state index in [1.54, 1.807) is 0 Å². The molecule has 4 fully saturated rings. The zero-order valence-corrected chi connectivity index (χ0v) is 15.7. The predicted molar refractivity (Wildman–Crippen MR) is 101 cm³/mol. The minimum absolute atomic E-state index is 0.106. The molecule has 24 heavy (non-hydrogen) atoms. The lowest BCUT2D eigenvalue weighted by Crippen LogP contribution is -2.55. The van der Waals surface area contributed by atoms with Gasteiger partial charge >= 0.3 is 0 Å². The molecule has 0 saturated heterocycles. The maximum atomic E-state index is 12.7. The number of nitrogens with one attached hydrogen (secondary N) is 1. The standard InChI is InChI=1S/C21H29NOS/c1-14(21-10-16-7-17(11-21)9-18(8-16)12-21)22-20(23)19-5-3-15(4-6-19)13-24-2/h3-6,14,16-18H,7-13H2,1-2H3,(H,22,23)/t14-,16?,17?,18?,21?/m0/s1. The first-order chi connectivity index (χ1) is 11.6. The van der Waals surface area contributed by atoms with Crippen LogP contribution in [0.5, 0.6) is 0 Å². The molecule has 0 aliphatic heterocycles. The van der Waals surface area contributed by atoms with E-state index < -0.39 is 0 Å². The SMILES string of the molecule is CSCc1ccc(C(=O)N[C@@H](C)C23CC4CC(CC(C4)C2)C3)cc1. The van der Waals surface area contributed by atoms with Crippen LogP contribution in [-0.4, -0.2) is 18.2 Å². The van der Waals surface area contributed by atoms with Crippen LogP contribution in [0.15, 0.2) is 24.3 Å². The number of carbonyl (C=O) groups is 1. The van der Waals surface area contributed by atoms with Crippen molar-refractivity contribution in [3.05, 3.63) is 35.4 Å². The Morgan fingerprint density at radius 1 is 1.12 bits per heavy atom. The summed E-state index contributed by atoms with van der Waals surface area (Å²) in [5.41, 5.74) is 2.47. The molecule has 0 unspecified atom stereocenters. The van der Waals surface area contributed by atoms with Crippen molar-refractivity contribution in [3.8, 4) is 0 Å². The third kappa shape index (κ3) is 3.00. The number of hydrogen-bond donors (Lipinski definition) is 1. The lowest BCUT2D eigenvalue weighted by atomic mass is 9.48. The van der Waals surface area contributed by atoms with Gasteiger partial charge in [0.05, 0.1) is 0 Å². The largest absolute Gasteiger partial charge is 0.349 e. The number of thioether (sulfide) groups is 1. The fourth-order valence-electron chi connectivity index (χ4n) is 6.06. The van der Waals surface area contributed by atoms with Gasteiger partial charge in [0.2, 0.25) is 0 Å². The van der Waals surface area contributed by atoms with Gasteiger partial charge in [0.1, 0.15) is 0 Å². The van der Waals surface area contributed by atoms with Gasteiger partial charge in [0.15, 0.2) is 0 Å². The van der Waals surface area contributed by atoms with Crippen molar-refractivity contribution in [2.75, 3.05) is 6.26 Å². The molecule has 1 N–H and O–H groups in total. The van der Waals surface area contributed by atoms with Crippen LogP contribution in [0.3, 0.4) is 0 Å². The Morgan fingerprint density at radius 3 is 2.17 bits per heavy atom. The number of rotatable bonds is 5. The molecule has 0 aromatic heterocycles. The molecular formula is C21H29NOS. The van der Waals surface area contributed by atoms with Crippen molar-refractivity contribution in [3.63, 3.8) is 0 Å². The molecule has 4 bridgehead atoms. The molecule has 4 saturated carbocycles. The number of carbonyl (C=O) groups excluding carboxylic acids is 1. The van der Waals surface area contributed by atoms with E-state index in [0.717, 1.165) is 29.1 Å². The Kier molecular flexibility index (Phi) is 4.40. The first-order valence-corrected chi connectivity index (χ1v) is 10.9. The highest BCUT2D eigenvalue weighted by Crippen LogP contribution is 2.61. The van der Waals surface area contributed by atoms with Gasteiger partial charge in [-0.3, -0.25) is 4.79 Å². The van der Waals surface area contributed by atoms with Gasteiger partial charge < -0.3 is 5.32 Å². The fourth-order valence-corrected chi connectivity index (χ4v) is 6.59. The van der Waals surface area contributed by atoms with E-state index in [9.17, 15) is 4.79 Å². The zero-order chi connectivity index (χ0) is 16.7. The van der Waals surface area contributed by atoms with Crippen molar-refractivity contribution < 1.29 is 4.79 Å². The molecule has 1 aromatic carbocycles. The highest BCUT2D eigenvalue weighted by molar-refractivity contribution is 7.97. The van der Waals surface area contributed by atoms with Gasteiger partial charge in [-0.1, -0.05) is 12.1 Å². The van der Waals surface area contributed by atoms with E-state index >= 15 is 0 Å². The zero-order valence-electron chi connectivity index (χ0n) is 14.9. The second-order valence-corrected chi connectivity index (χ2v) is 9.47. The molecule has 0 heterocycles. The monoisotopic (exact) mass is 343 g/mol. The van der Waals surface area contributed by atoms with Crippen LogP contribution in [0.4, 0.5) is 0 Å². The topological polar surface area (TPSA) is 29.1 Å². The molecule has 4 aliphatic carbocycles. The first kappa shape index (κ1) is 16.5. The Balaban J connectivity index is 1.44. The van der Waals surface area contributed by atoms with E-state index in [0.29, 0.717) is 11.5 Å². The van der Waals surface area contributed by atoms with Crippen molar-refractivity contribution >= 4 is 17.7 Å². The molecule has 3 heteroatoms. The second-order valence-electron chi connectivity index (χ2n) is 8.61. The summed E-state index contributed by atoms with van der Waals surface area (Å²) >= 11 is 1.81. The summed E-state index contributed by atoms with van der Waals surface area (Å²) in [6.45, 7) is 2.26. The van der Waals surface area contributed by atoms with Gasteiger partial charge in [-0.25, -0.2) is 0 Å². The highest BCUT2D eigenvalue weighted by Gasteiger charge is 2.53. The number of benzene rings is 1. The maximum absolute atomic E-state index is 12.7. The quantitative estimate of drug-likeness (QED) is 0.825. The molecular weight excluding hydrogens is 314 g/mol. The number of hydrogen-bond acceptors (Lipinski definition) is 2. The number of amides is 1. The predicted octanol–water partition coefficient (Wildman–Crippen LogP) is 4.88. The van der Waals surface area contributed by atoms with Crippen molar-refractivity contribution in [1.29, 1.82) is 0 Å². The molecule has 5 rings (SSSR count). The maximum Gasteiger partial charge on any atom is 0.251 e. The van der Waals surface area contributed by atoms with Crippen LogP contribution in [0.2, 0.25) is 0 Å². The van der Waals surface area contributed by atoms with E-state index in [1.807, 2.05) is 23.9 Å². The van der Waals surface area contributed by atoms with Crippen molar-refractivity contribution in [2.24, 2.45) is 23.2 Å². The van der Waals surface area contributed by atoms with Crippen molar-refractivity contribution in [2.45, 2.75) is 57.2 Å². The molecule has 0 spiro atoms. The van der Waals surface area contributed by atoms with E-state index in [2.05, 4.69) is 30.6 Å². The lowest BCUT2D eigenvalue weighted by Gasteiger charge is -2.59. The highest BCUT2D eigenvalue weighted by atomic mass is 32.2. The molecule has 0 radical (unpaired) electrons. The summed E-state index contributed by atoms with van der Waals surface area (Å²) in [6.07, 6.45) is 10.5. The van der Waals surface area contributed by atoms with Gasteiger partial charge in [0.25, 0.3) is 5.91 Å². The van der Waals surface area contributed by atoms with E-state index in [-0.39, 0.29) is 5.91 Å². The average molecular weight is 344 g/mol. The lowest BCUT2D eigenvalue weighted by molar-refractivity contribution is -0.0688. The third-order valence-corrected chi connectivity index (χ3v) is 7.50. The summed E-state index contributed by atoms with van der Waals surface area (Å²) < 4.78 is 0. The van der Waals surface area contributed by atoms with Gasteiger partial charge in [-0.15, -0.1) is 0 Å². The van der Waals surface area contributed by atoms with Gasteiger partial charge in [0, 0.05) is 17.4 Å². The van der Waals surface area contributed by atoms with Crippen LogP contribution < -0.4 is 5.32 Å². The van der Waals surface area contributed by atoms with Crippen molar-refractivity contribution in [1.82, 2.24) is 5.32 Å². The summed E-state index contributed by atoms with van der Waals surface area (Å²) in [5.74, 6) is 3.91. The minimum Gasteiger partial charge on any atom is -0.349 e. The van der Waals surface area contributed by atoms with Crippen LogP contribution in [0.25, 0.3) is 0 Å². The van der Waals surface area contributed by atoms with Crippen LogP contribution in [-0.2, 0) is 5.75 Å². The van der Waals surface area contributed by atoms with Gasteiger partial charge in [-0.05, 0) is 92.6 Å². The molecule has 1 atom stereocenters. The normalized spacial score (nSPS) is 35.0. The fraction of sp³-hybridized carbons (Fsp3) is 0.667. The summed E-state index contributed by atoms with van der Waals surface area (Å²) in [5, 5.41) is 3.36. The Morgan fingerprint density at radius 2 is 1.67 bits per heavy atom. The Labute approximate surface area is 150 Å². The van der Waals surface area contributed by atoms with Gasteiger partial charge in [-0.2, -0.15) is 11.8 Å². The molecule has 1 amide bonds. The Hall–Kier alpha value is -0.960. The summed E-state index contributed by atoms with van der Waals surface area (Å²) in [7, 11) is 0. The van der Waals surface area contributed by atoms with Crippen LogP contribution in [0, 0.1) is 23.2 Å². The smallest absolute Gasteiger partial charge is 0.251 e. The molecule has 2 nitrogen and oxygen atoms in total. The molecule has 1 aromatic rings. The van der Waals surface area contributed by atoms with E-state index in [4.69, 9.17) is 0 Å². The second kappa shape index (κ2) is 6.40. The van der Waals surface area contributed by atoms with E-state index in [1.165, 1.54) is 44.1 Å². The molecule has 130 valence electrons. The minimum atomic E-state index is 0.106. The summed E-state index contributed by atoms with van der Waals surface area (Å²) in [6, 6.07) is 8.42. The first-order valence-electron chi connectivity index (χ1n) is 9.47. The average Bonchev–Trinajstić information content (AvgIpc) is 2.54. The van der Waals surface area contributed by atoms with Crippen LogP contribution in [0.1, 0.15) is 61.4 Å². The Bertz CT molecular complexity index is 573. The molecule has 4 aliphatic rings. The summed E-state index contributed by atoms with van der Waals surface area (Å²) in [4.78, 5) is 12.7.